The van der Waals surface area contributed by atoms with Crippen LogP contribution in [-0.4, -0.2) is 26.4 Å². The third kappa shape index (κ3) is 5.45. The molecule has 0 spiro atoms. The highest BCUT2D eigenvalue weighted by molar-refractivity contribution is 7.89. The van der Waals surface area contributed by atoms with Crippen LogP contribution in [0.15, 0.2) is 89.7 Å². The molecule has 0 unspecified atom stereocenters. The van der Waals surface area contributed by atoms with Crippen LogP contribution in [0.5, 0.6) is 5.75 Å². The summed E-state index contributed by atoms with van der Waals surface area (Å²) in [6, 6.07) is 19.4. The quantitative estimate of drug-likeness (QED) is 0.465. The normalized spacial score (nSPS) is 14.1. The van der Waals surface area contributed by atoms with Gasteiger partial charge < -0.3 is 14.7 Å². The molecule has 178 valence electrons. The van der Waals surface area contributed by atoms with Crippen molar-refractivity contribution >= 4 is 21.4 Å². The van der Waals surface area contributed by atoms with Crippen LogP contribution in [0.2, 0.25) is 0 Å². The lowest BCUT2D eigenvalue weighted by molar-refractivity contribution is -0.274. The molecule has 10 heteroatoms. The second kappa shape index (κ2) is 9.30. The molecule has 0 aromatic heterocycles. The Bertz CT molecular complexity index is 1260. The molecular weight excluding hydrogens is 469 g/mol. The summed E-state index contributed by atoms with van der Waals surface area (Å²) in [4.78, 5) is 1.64. The third-order valence-corrected chi connectivity index (χ3v) is 6.62. The number of rotatable bonds is 6. The van der Waals surface area contributed by atoms with Gasteiger partial charge in [0.1, 0.15) is 11.5 Å². The van der Waals surface area contributed by atoms with E-state index in [4.69, 9.17) is 0 Å². The summed E-state index contributed by atoms with van der Waals surface area (Å²) in [5.41, 5.74) is 4.03. The van der Waals surface area contributed by atoms with Crippen molar-refractivity contribution in [3.63, 3.8) is 0 Å². The summed E-state index contributed by atoms with van der Waals surface area (Å²) in [7, 11) is -4.13. The molecule has 0 bridgehead atoms. The average Bonchev–Trinajstić information content (AvgIpc) is 2.95. The maximum atomic E-state index is 12.5. The average molecular weight is 491 g/mol. The van der Waals surface area contributed by atoms with Crippen molar-refractivity contribution in [2.75, 3.05) is 11.4 Å². The van der Waals surface area contributed by atoms with E-state index in [1.165, 1.54) is 0 Å². The summed E-state index contributed by atoms with van der Waals surface area (Å²) in [6.07, 6.45) is -2.26. The first kappa shape index (κ1) is 23.5. The molecule has 0 aliphatic carbocycles. The Hall–Kier alpha value is -3.66. The van der Waals surface area contributed by atoms with Crippen LogP contribution in [-0.2, 0) is 22.9 Å². The summed E-state index contributed by atoms with van der Waals surface area (Å²) in [5.74, 6) is -0.782. The predicted molar refractivity (Wildman–Crippen MR) is 121 cm³/mol. The number of nitrogens with zero attached hydrogens (tertiary/aromatic N) is 1. The van der Waals surface area contributed by atoms with Crippen molar-refractivity contribution < 1.29 is 31.4 Å². The first-order valence-corrected chi connectivity index (χ1v) is 11.8. The fourth-order valence-corrected chi connectivity index (χ4v) is 4.70. The maximum Gasteiger partial charge on any atom is 0.573 e. The molecule has 1 aliphatic rings. The molecule has 1 aliphatic heterocycles. The van der Waals surface area contributed by atoms with Gasteiger partial charge in [-0.15, -0.1) is 13.2 Å². The van der Waals surface area contributed by atoms with E-state index in [2.05, 4.69) is 9.46 Å². The summed E-state index contributed by atoms with van der Waals surface area (Å²) in [6.45, 7) is 0.00884. The number of fused-ring (bicyclic) bond motifs is 2. The Labute approximate surface area is 195 Å². The molecule has 6 nitrogen and oxygen atoms in total. The van der Waals surface area contributed by atoms with Gasteiger partial charge in [-0.25, -0.2) is 8.42 Å². The summed E-state index contributed by atoms with van der Waals surface area (Å²) in [5, 5.41) is 10.6. The minimum Gasteiger partial charge on any atom is -0.509 e. The van der Waals surface area contributed by atoms with Crippen molar-refractivity contribution in [2.24, 2.45) is 0 Å². The summed E-state index contributed by atoms with van der Waals surface area (Å²) >= 11 is 0. The molecule has 34 heavy (non-hydrogen) atoms. The number of aryl methyl sites for hydroxylation is 2. The molecule has 2 N–H and O–H groups in total. The minimum atomic E-state index is -4.88. The molecule has 3 aromatic rings. The largest absolute Gasteiger partial charge is 0.573 e. The zero-order valence-electron chi connectivity index (χ0n) is 17.8. The summed E-state index contributed by atoms with van der Waals surface area (Å²) < 4.78 is 67.9. The van der Waals surface area contributed by atoms with E-state index in [0.717, 1.165) is 65.8 Å². The van der Waals surface area contributed by atoms with Gasteiger partial charge in [-0.3, -0.25) is 4.72 Å². The van der Waals surface area contributed by atoms with E-state index in [1.807, 2.05) is 53.4 Å². The van der Waals surface area contributed by atoms with E-state index < -0.39 is 22.1 Å². The monoisotopic (exact) mass is 490 g/mol. The number of para-hydroxylation sites is 2. The molecule has 0 radical (unpaired) electrons. The molecular formula is C24H21F3N2O4S. The second-order valence-corrected chi connectivity index (χ2v) is 9.33. The highest BCUT2D eigenvalue weighted by Crippen LogP contribution is 2.36. The van der Waals surface area contributed by atoms with E-state index in [1.54, 1.807) is 0 Å². The van der Waals surface area contributed by atoms with Gasteiger partial charge in [-0.2, -0.15) is 0 Å². The van der Waals surface area contributed by atoms with E-state index in [-0.39, 0.29) is 17.2 Å². The van der Waals surface area contributed by atoms with Crippen LogP contribution in [0.3, 0.4) is 0 Å². The zero-order valence-corrected chi connectivity index (χ0v) is 18.6. The van der Waals surface area contributed by atoms with Crippen LogP contribution >= 0.6 is 0 Å². The molecule has 0 saturated carbocycles. The first-order valence-electron chi connectivity index (χ1n) is 10.3. The van der Waals surface area contributed by atoms with Gasteiger partial charge in [0.05, 0.1) is 17.6 Å². The van der Waals surface area contributed by atoms with Crippen molar-refractivity contribution in [1.82, 2.24) is 4.72 Å². The fraction of sp³-hybridized carbons (Fsp3) is 0.167. The lowest BCUT2D eigenvalue weighted by Gasteiger charge is -2.26. The van der Waals surface area contributed by atoms with Gasteiger partial charge >= 0.3 is 6.36 Å². The molecule has 0 amide bonds. The van der Waals surface area contributed by atoms with E-state index in [0.29, 0.717) is 0 Å². The molecule has 0 atom stereocenters. The highest BCUT2D eigenvalue weighted by atomic mass is 32.2. The number of nitrogens with one attached hydrogen (secondary N) is 1. The number of halogens is 3. The number of aliphatic hydroxyl groups excluding tert-OH is 1. The number of ether oxygens (including phenoxy) is 1. The molecule has 0 fully saturated rings. The molecule has 3 aromatic carbocycles. The SMILES string of the molecule is O=S(=O)(N/C=C(\O)CN1c2ccccc2CCc2ccccc21)c1ccc(OC(F)(F)F)cc1. The maximum absolute atomic E-state index is 12.5. The number of hydrogen-bond donors (Lipinski definition) is 2. The fourth-order valence-electron chi connectivity index (χ4n) is 3.78. The Balaban J connectivity index is 1.54. The van der Waals surface area contributed by atoms with Crippen molar-refractivity contribution in [1.29, 1.82) is 0 Å². The lowest BCUT2D eigenvalue weighted by Crippen LogP contribution is -2.24. The molecule has 1 heterocycles. The van der Waals surface area contributed by atoms with Gasteiger partial charge in [0.25, 0.3) is 10.0 Å². The van der Waals surface area contributed by atoms with Gasteiger partial charge in [-0.1, -0.05) is 36.4 Å². The lowest BCUT2D eigenvalue weighted by atomic mass is 10.0. The number of alkyl halides is 3. The van der Waals surface area contributed by atoms with Gasteiger partial charge in [-0.05, 0) is 60.4 Å². The van der Waals surface area contributed by atoms with Gasteiger partial charge in [0.15, 0.2) is 0 Å². The smallest absolute Gasteiger partial charge is 0.509 e. The predicted octanol–water partition coefficient (Wildman–Crippen LogP) is 5.20. The van der Waals surface area contributed by atoms with Crippen LogP contribution in [0.25, 0.3) is 0 Å². The number of hydrogen-bond acceptors (Lipinski definition) is 5. The van der Waals surface area contributed by atoms with Gasteiger partial charge in [0.2, 0.25) is 0 Å². The molecule has 0 saturated heterocycles. The Morgan fingerprint density at radius 2 is 1.47 bits per heavy atom. The topological polar surface area (TPSA) is 78.9 Å². The Morgan fingerprint density at radius 1 is 0.941 bits per heavy atom. The molecule has 4 rings (SSSR count). The van der Waals surface area contributed by atoms with E-state index >= 15 is 0 Å². The van der Waals surface area contributed by atoms with E-state index in [9.17, 15) is 26.7 Å². The van der Waals surface area contributed by atoms with Crippen molar-refractivity contribution in [2.45, 2.75) is 24.1 Å². The number of anilines is 2. The van der Waals surface area contributed by atoms with Gasteiger partial charge in [0, 0.05) is 11.4 Å². The number of aliphatic hydroxyl groups is 1. The first-order chi connectivity index (χ1) is 16.1. The van der Waals surface area contributed by atoms with Crippen molar-refractivity contribution in [3.8, 4) is 5.75 Å². The minimum absolute atomic E-state index is 0.00884. The van der Waals surface area contributed by atoms with Crippen molar-refractivity contribution in [3.05, 3.63) is 95.9 Å². The standard InChI is InChI=1S/C24H21F3N2O4S/c25-24(26,27)33-20-11-13-21(14-12-20)34(31,32)28-15-19(30)16-29-22-7-3-1-5-17(22)9-10-18-6-2-4-8-23(18)29/h1-8,11-15,28,30H,9-10,16H2/b19-15-. The van der Waals surface area contributed by atoms with Crippen LogP contribution in [0.4, 0.5) is 24.5 Å². The Morgan fingerprint density at radius 3 is 2.00 bits per heavy atom. The third-order valence-electron chi connectivity index (χ3n) is 5.30. The van der Waals surface area contributed by atoms with Crippen LogP contribution in [0.1, 0.15) is 11.1 Å². The van der Waals surface area contributed by atoms with Crippen LogP contribution < -0.4 is 14.4 Å². The highest BCUT2D eigenvalue weighted by Gasteiger charge is 2.31. The number of benzene rings is 3. The Kier molecular flexibility index (Phi) is 6.43. The second-order valence-electron chi connectivity index (χ2n) is 7.62. The number of sulfonamides is 1. The van der Waals surface area contributed by atoms with Crippen LogP contribution in [0, 0.1) is 0 Å². The zero-order chi connectivity index (χ0) is 24.3.